The number of benzene rings is 3. The summed E-state index contributed by atoms with van der Waals surface area (Å²) in [6, 6.07) is 23.1. The van der Waals surface area contributed by atoms with E-state index in [9.17, 15) is 8.42 Å². The number of hydrazone groups is 1. The van der Waals surface area contributed by atoms with Crippen molar-refractivity contribution < 1.29 is 8.42 Å². The molecular weight excluding hydrogens is 572 g/mol. The molecule has 0 saturated heterocycles. The van der Waals surface area contributed by atoms with Gasteiger partial charge in [-0.1, -0.05) is 0 Å². The topological polar surface area (TPSA) is 100 Å². The van der Waals surface area contributed by atoms with Crippen molar-refractivity contribution in [1.82, 2.24) is 5.01 Å². The Morgan fingerprint density at radius 2 is 1.57 bits per heavy atom. The van der Waals surface area contributed by atoms with Crippen molar-refractivity contribution in [2.75, 3.05) is 6.54 Å². The number of hydrogen-bond donors (Lipinski definition) is 1. The van der Waals surface area contributed by atoms with Crippen LogP contribution in [0.5, 0.6) is 0 Å². The molecule has 3 aromatic carbocycles. The molecule has 1 atom stereocenters. The van der Waals surface area contributed by atoms with Crippen LogP contribution in [0.25, 0.3) is 0 Å². The van der Waals surface area contributed by atoms with Crippen LogP contribution < -0.4 is 5.73 Å². The van der Waals surface area contributed by atoms with Crippen LogP contribution in [0, 0.1) is 0 Å². The van der Waals surface area contributed by atoms with Gasteiger partial charge >= 0.3 is 223 Å². The van der Waals surface area contributed by atoms with E-state index < -0.39 is 10.0 Å². The second kappa shape index (κ2) is 10.9. The van der Waals surface area contributed by atoms with Crippen LogP contribution in [0.3, 0.4) is 0 Å². The van der Waals surface area contributed by atoms with Crippen molar-refractivity contribution in [2.45, 2.75) is 17.2 Å². The minimum atomic E-state index is -4.09. The predicted octanol–water partition coefficient (Wildman–Crippen LogP) is 4.15. The third-order valence-corrected chi connectivity index (χ3v) is 7.27. The number of rotatable bonds is 4. The number of amidine groups is 1. The van der Waals surface area contributed by atoms with Crippen molar-refractivity contribution in [2.24, 2.45) is 20.2 Å². The summed E-state index contributed by atoms with van der Waals surface area (Å²) in [5, 5.41) is 7.30. The normalized spacial score (nSPS) is 17.3. The van der Waals surface area contributed by atoms with E-state index >= 15 is 0 Å². The van der Waals surface area contributed by atoms with E-state index in [4.69, 9.17) is 34.0 Å². The fourth-order valence-corrected chi connectivity index (χ4v) is 5.04. The zero-order chi connectivity index (χ0) is 25.0. The summed E-state index contributed by atoms with van der Waals surface area (Å²) in [6.45, 7) is 0.384. The molecule has 0 spiro atoms. The van der Waals surface area contributed by atoms with Crippen molar-refractivity contribution in [3.05, 3.63) is 100 Å². The zero-order valence-electron chi connectivity index (χ0n) is 18.3. The van der Waals surface area contributed by atoms with Gasteiger partial charge in [0.25, 0.3) is 0 Å². The van der Waals surface area contributed by atoms with Gasteiger partial charge in [-0.15, -0.1) is 0 Å². The number of sulfonamides is 1. The van der Waals surface area contributed by atoms with Gasteiger partial charge in [0.2, 0.25) is 0 Å². The summed E-state index contributed by atoms with van der Waals surface area (Å²) in [5.41, 5.74) is 8.50. The first-order valence-electron chi connectivity index (χ1n) is 10.5. The average molecular weight is 593 g/mol. The van der Waals surface area contributed by atoms with Crippen LogP contribution in [0.1, 0.15) is 23.5 Å². The molecular formula is C24H21Cl2N5O2SSe. The SMILES string of the molecule is NC([SeH])=NC(=NS(=O)(=O)c1ccc(Cl)cc1)N1CCC(c2ccccc2)C(c2ccc(Cl)cc2)=N1. The molecule has 7 nitrogen and oxygen atoms in total. The number of aliphatic imine (C=N–C) groups is 1. The molecule has 0 radical (unpaired) electrons. The molecule has 2 N–H and O–H groups in total. The van der Waals surface area contributed by atoms with Crippen LogP contribution in [0.2, 0.25) is 10.0 Å². The van der Waals surface area contributed by atoms with E-state index in [0.717, 1.165) is 16.8 Å². The predicted molar refractivity (Wildman–Crippen MR) is 143 cm³/mol. The molecule has 0 amide bonds. The summed E-state index contributed by atoms with van der Waals surface area (Å²) < 4.78 is 30.1. The second-order valence-corrected chi connectivity index (χ2v) is 11.1. The van der Waals surface area contributed by atoms with E-state index in [2.05, 4.69) is 25.4 Å². The first-order chi connectivity index (χ1) is 16.7. The van der Waals surface area contributed by atoms with Gasteiger partial charge in [0.05, 0.1) is 0 Å². The number of hydrogen-bond acceptors (Lipinski definition) is 3. The Labute approximate surface area is 222 Å². The first kappa shape index (κ1) is 25.4. The second-order valence-electron chi connectivity index (χ2n) is 7.66. The molecule has 1 aliphatic heterocycles. The van der Waals surface area contributed by atoms with Gasteiger partial charge in [0.1, 0.15) is 0 Å². The molecule has 0 aromatic heterocycles. The summed E-state index contributed by atoms with van der Waals surface area (Å²) in [6.07, 6.45) is 0.652. The van der Waals surface area contributed by atoms with Gasteiger partial charge in [-0.2, -0.15) is 0 Å². The Morgan fingerprint density at radius 1 is 0.971 bits per heavy atom. The van der Waals surface area contributed by atoms with Crippen LogP contribution in [0.4, 0.5) is 0 Å². The molecule has 3 aromatic rings. The van der Waals surface area contributed by atoms with Gasteiger partial charge in [-0.25, -0.2) is 0 Å². The molecule has 1 aliphatic rings. The van der Waals surface area contributed by atoms with Gasteiger partial charge in [0.15, 0.2) is 0 Å². The summed E-state index contributed by atoms with van der Waals surface area (Å²) in [5.74, 6) is -0.141. The number of nitrogens with two attached hydrogens (primary N) is 1. The Balaban J connectivity index is 1.81. The monoisotopic (exact) mass is 593 g/mol. The van der Waals surface area contributed by atoms with E-state index in [1.165, 1.54) is 29.3 Å². The molecule has 0 aliphatic carbocycles. The fraction of sp³-hybridized carbons (Fsp3) is 0.125. The Morgan fingerprint density at radius 3 is 2.17 bits per heavy atom. The van der Waals surface area contributed by atoms with Crippen LogP contribution in [0.15, 0.2) is 98.2 Å². The number of halogens is 2. The third kappa shape index (κ3) is 6.31. The van der Waals surface area contributed by atoms with Crippen LogP contribution in [-0.4, -0.2) is 52.4 Å². The maximum absolute atomic E-state index is 13.0. The molecule has 1 unspecified atom stereocenters. The Hall–Kier alpha value is -2.68. The molecule has 180 valence electrons. The van der Waals surface area contributed by atoms with Crippen LogP contribution in [-0.2, 0) is 10.0 Å². The average Bonchev–Trinajstić information content (AvgIpc) is 2.84. The van der Waals surface area contributed by atoms with E-state index in [0.29, 0.717) is 23.0 Å². The van der Waals surface area contributed by atoms with Gasteiger partial charge in [-0.05, 0) is 0 Å². The van der Waals surface area contributed by atoms with Crippen molar-refractivity contribution in [1.29, 1.82) is 0 Å². The van der Waals surface area contributed by atoms with Crippen molar-refractivity contribution in [3.63, 3.8) is 0 Å². The van der Waals surface area contributed by atoms with E-state index in [1.54, 1.807) is 12.1 Å². The van der Waals surface area contributed by atoms with Crippen molar-refractivity contribution in [3.8, 4) is 0 Å². The molecule has 35 heavy (non-hydrogen) atoms. The quantitative estimate of drug-likeness (QED) is 0.279. The molecule has 4 rings (SSSR count). The summed E-state index contributed by atoms with van der Waals surface area (Å²) in [7, 11) is -4.09. The number of nitrogens with zero attached hydrogens (tertiary/aromatic N) is 4. The van der Waals surface area contributed by atoms with Gasteiger partial charge in [0, 0.05) is 0 Å². The maximum atomic E-state index is 13.0. The molecule has 11 heteroatoms. The molecule has 0 bridgehead atoms. The van der Waals surface area contributed by atoms with Gasteiger partial charge < -0.3 is 0 Å². The fourth-order valence-electron chi connectivity index (χ4n) is 3.67. The Kier molecular flexibility index (Phi) is 7.94. The van der Waals surface area contributed by atoms with E-state index in [1.807, 2.05) is 42.5 Å². The molecule has 0 fully saturated rings. The number of guanidine groups is 1. The Bertz CT molecular complexity index is 1390. The zero-order valence-corrected chi connectivity index (χ0v) is 22.5. The molecule has 1 heterocycles. The van der Waals surface area contributed by atoms with Crippen molar-refractivity contribution >= 4 is 65.6 Å². The summed E-state index contributed by atoms with van der Waals surface area (Å²) >= 11 is 14.1. The van der Waals surface area contributed by atoms with Gasteiger partial charge in [-0.3, -0.25) is 0 Å². The standard InChI is InChI=1S/C24H21Cl2N5O2SSe/c25-18-8-6-17(7-9-18)22-21(16-4-2-1-3-5-16)14-15-31(29-22)24(28-23(27)35)30-34(32,33)20-12-10-19(26)11-13-20/h1-13,21H,14-15H2,(H3,27,28,30,35). The minimum absolute atomic E-state index is 0.0125. The first-order valence-corrected chi connectivity index (χ1v) is 13.7. The van der Waals surface area contributed by atoms with Crippen LogP contribution >= 0.6 is 23.2 Å². The molecule has 0 saturated carbocycles. The third-order valence-electron chi connectivity index (χ3n) is 5.29. The van der Waals surface area contributed by atoms with E-state index in [-0.39, 0.29) is 21.5 Å². The summed E-state index contributed by atoms with van der Waals surface area (Å²) in [4.78, 5) is 4.16.